The van der Waals surface area contributed by atoms with Crippen LogP contribution in [0.2, 0.25) is 5.02 Å². The van der Waals surface area contributed by atoms with Crippen molar-refractivity contribution >= 4 is 34.9 Å². The number of benzene rings is 3. The topological polar surface area (TPSA) is 66.8 Å². The predicted octanol–water partition coefficient (Wildman–Crippen LogP) is 6.91. The third kappa shape index (κ3) is 5.49. The zero-order valence-corrected chi connectivity index (χ0v) is 22.8. The van der Waals surface area contributed by atoms with E-state index >= 15 is 0 Å². The molecule has 4 aromatic rings. The Balaban J connectivity index is 1.48. The summed E-state index contributed by atoms with van der Waals surface area (Å²) in [6.45, 7) is 2.45. The van der Waals surface area contributed by atoms with Gasteiger partial charge in [0.05, 0.1) is 24.2 Å². The second-order valence-electron chi connectivity index (χ2n) is 9.44. The van der Waals surface area contributed by atoms with E-state index in [0.29, 0.717) is 23.0 Å². The molecule has 1 atom stereocenters. The van der Waals surface area contributed by atoms with Crippen LogP contribution in [0, 0.1) is 0 Å². The number of amides is 3. The Bertz CT molecular complexity index is 1450. The monoisotopic (exact) mass is 542 g/mol. The van der Waals surface area contributed by atoms with Crippen molar-refractivity contribution < 1.29 is 14.3 Å². The number of anilines is 2. The van der Waals surface area contributed by atoms with E-state index < -0.39 is 0 Å². The van der Waals surface area contributed by atoms with Gasteiger partial charge in [-0.3, -0.25) is 9.69 Å². The first-order chi connectivity index (χ1) is 19.0. The SMILES string of the molecule is CCCCN(CC(=O)N1c2ccccc2-n2cccc2C1c1ccc(Cl)cc1)C(=O)Nc1ccc(OC)cc1. The number of carbonyl (C=O) groups is 2. The van der Waals surface area contributed by atoms with Crippen molar-refractivity contribution in [1.29, 1.82) is 0 Å². The van der Waals surface area contributed by atoms with Gasteiger partial charge in [-0.2, -0.15) is 0 Å². The van der Waals surface area contributed by atoms with Crippen LogP contribution in [-0.2, 0) is 4.79 Å². The number of fused-ring (bicyclic) bond motifs is 3. The number of carbonyl (C=O) groups excluding carboxylic acids is 2. The standard InChI is InChI=1S/C31H31ClN4O3/c1-3-4-19-34(31(38)33-24-15-17-25(39-2)18-16-24)21-29(37)36-27-9-6-5-8-26(27)35-20-7-10-28(35)30(36)22-11-13-23(32)14-12-22/h5-18,20,30H,3-4,19,21H2,1-2H3,(H,33,38). The molecule has 1 aromatic heterocycles. The van der Waals surface area contributed by atoms with Gasteiger partial charge in [-0.15, -0.1) is 0 Å². The second-order valence-corrected chi connectivity index (χ2v) is 9.88. The van der Waals surface area contributed by atoms with Crippen LogP contribution in [0.1, 0.15) is 37.1 Å². The van der Waals surface area contributed by atoms with Crippen LogP contribution in [0.25, 0.3) is 5.69 Å². The first kappa shape index (κ1) is 26.4. The lowest BCUT2D eigenvalue weighted by molar-refractivity contribution is -0.119. The maximum atomic E-state index is 14.2. The highest BCUT2D eigenvalue weighted by atomic mass is 35.5. The summed E-state index contributed by atoms with van der Waals surface area (Å²) in [5.41, 5.74) is 4.24. The fourth-order valence-corrected chi connectivity index (χ4v) is 5.07. The lowest BCUT2D eigenvalue weighted by Gasteiger charge is -2.39. The zero-order chi connectivity index (χ0) is 27.4. The van der Waals surface area contributed by atoms with Gasteiger partial charge in [-0.1, -0.05) is 49.2 Å². The Kier molecular flexibility index (Phi) is 7.89. The van der Waals surface area contributed by atoms with Crippen molar-refractivity contribution in [3.05, 3.63) is 107 Å². The van der Waals surface area contributed by atoms with Crippen LogP contribution < -0.4 is 15.0 Å². The molecule has 0 aliphatic carbocycles. The first-order valence-corrected chi connectivity index (χ1v) is 13.4. The average Bonchev–Trinajstić information content (AvgIpc) is 3.45. The summed E-state index contributed by atoms with van der Waals surface area (Å²) in [7, 11) is 1.60. The summed E-state index contributed by atoms with van der Waals surface area (Å²) in [6, 6.07) is 25.9. The van der Waals surface area contributed by atoms with Crippen molar-refractivity contribution in [2.75, 3.05) is 30.4 Å². The summed E-state index contributed by atoms with van der Waals surface area (Å²) < 4.78 is 7.33. The van der Waals surface area contributed by atoms with Crippen LogP contribution in [0.3, 0.4) is 0 Å². The minimum atomic E-state index is -0.377. The molecule has 1 unspecified atom stereocenters. The second kappa shape index (κ2) is 11.7. The molecule has 0 bridgehead atoms. The molecular weight excluding hydrogens is 512 g/mol. The Labute approximate surface area is 233 Å². The number of hydrogen-bond acceptors (Lipinski definition) is 3. The molecule has 0 fully saturated rings. The molecule has 5 rings (SSSR count). The van der Waals surface area contributed by atoms with Crippen LogP contribution >= 0.6 is 11.6 Å². The number of urea groups is 1. The lowest BCUT2D eigenvalue weighted by atomic mass is 9.97. The van der Waals surface area contributed by atoms with Crippen LogP contribution in [-0.4, -0.2) is 41.6 Å². The molecule has 3 aromatic carbocycles. The molecule has 0 saturated carbocycles. The van der Waals surface area contributed by atoms with Gasteiger partial charge in [-0.25, -0.2) is 4.79 Å². The number of para-hydroxylation sites is 2. The molecule has 1 aliphatic heterocycles. The van der Waals surface area contributed by atoms with Gasteiger partial charge < -0.3 is 19.5 Å². The molecule has 0 spiro atoms. The van der Waals surface area contributed by atoms with Gasteiger partial charge in [0.1, 0.15) is 18.3 Å². The number of ether oxygens (including phenoxy) is 1. The molecule has 3 amide bonds. The lowest BCUT2D eigenvalue weighted by Crippen LogP contribution is -2.48. The Hall–Kier alpha value is -4.23. The minimum absolute atomic E-state index is 0.0683. The van der Waals surface area contributed by atoms with E-state index in [1.165, 1.54) is 0 Å². The summed E-state index contributed by atoms with van der Waals surface area (Å²) >= 11 is 6.20. The molecule has 1 N–H and O–H groups in total. The summed E-state index contributed by atoms with van der Waals surface area (Å²) in [5, 5.41) is 3.56. The smallest absolute Gasteiger partial charge is 0.322 e. The highest BCUT2D eigenvalue weighted by Crippen LogP contribution is 2.42. The number of halogens is 1. The fraction of sp³-hybridized carbons (Fsp3) is 0.226. The summed E-state index contributed by atoms with van der Waals surface area (Å²) in [4.78, 5) is 31.0. The average molecular weight is 543 g/mol. The van der Waals surface area contributed by atoms with E-state index in [9.17, 15) is 9.59 Å². The van der Waals surface area contributed by atoms with Crippen molar-refractivity contribution in [1.82, 2.24) is 9.47 Å². The molecule has 39 heavy (non-hydrogen) atoms. The quantitative estimate of drug-likeness (QED) is 0.263. The molecule has 8 heteroatoms. The normalized spacial score (nSPS) is 13.8. The van der Waals surface area contributed by atoms with E-state index in [4.69, 9.17) is 16.3 Å². The van der Waals surface area contributed by atoms with Crippen molar-refractivity contribution in [2.45, 2.75) is 25.8 Å². The molecule has 1 aliphatic rings. The number of nitrogens with zero attached hydrogens (tertiary/aromatic N) is 3. The van der Waals surface area contributed by atoms with Gasteiger partial charge in [0.15, 0.2) is 0 Å². The fourth-order valence-electron chi connectivity index (χ4n) is 4.94. The van der Waals surface area contributed by atoms with Crippen LogP contribution in [0.15, 0.2) is 91.1 Å². The third-order valence-electron chi connectivity index (χ3n) is 6.91. The highest BCUT2D eigenvalue weighted by molar-refractivity contribution is 6.30. The Morgan fingerprint density at radius 2 is 1.67 bits per heavy atom. The summed E-state index contributed by atoms with van der Waals surface area (Å²) in [5.74, 6) is 0.531. The van der Waals surface area contributed by atoms with Crippen molar-refractivity contribution in [2.24, 2.45) is 0 Å². The Morgan fingerprint density at radius 1 is 0.949 bits per heavy atom. The highest BCUT2D eigenvalue weighted by Gasteiger charge is 2.37. The van der Waals surface area contributed by atoms with Crippen molar-refractivity contribution in [3.63, 3.8) is 0 Å². The number of unbranched alkanes of at least 4 members (excludes halogenated alkanes) is 1. The first-order valence-electron chi connectivity index (χ1n) is 13.0. The van der Waals surface area contributed by atoms with E-state index in [2.05, 4.69) is 16.8 Å². The van der Waals surface area contributed by atoms with Gasteiger partial charge in [-0.05, 0) is 72.6 Å². The molecule has 7 nitrogen and oxygen atoms in total. The number of aromatic nitrogens is 1. The maximum Gasteiger partial charge on any atom is 0.322 e. The molecular formula is C31H31ClN4O3. The zero-order valence-electron chi connectivity index (χ0n) is 22.0. The number of rotatable bonds is 8. The molecule has 2 heterocycles. The number of hydrogen-bond donors (Lipinski definition) is 1. The molecule has 200 valence electrons. The largest absolute Gasteiger partial charge is 0.497 e. The number of methoxy groups -OCH3 is 1. The minimum Gasteiger partial charge on any atom is -0.497 e. The maximum absolute atomic E-state index is 14.2. The van der Waals surface area contributed by atoms with Crippen molar-refractivity contribution in [3.8, 4) is 11.4 Å². The van der Waals surface area contributed by atoms with Gasteiger partial charge in [0.2, 0.25) is 5.91 Å². The molecule has 0 radical (unpaired) electrons. The van der Waals surface area contributed by atoms with Gasteiger partial charge in [0.25, 0.3) is 0 Å². The van der Waals surface area contributed by atoms with Crippen LogP contribution in [0.5, 0.6) is 5.75 Å². The van der Waals surface area contributed by atoms with Gasteiger partial charge in [0, 0.05) is 23.5 Å². The van der Waals surface area contributed by atoms with E-state index in [-0.39, 0.29) is 24.5 Å². The number of nitrogens with one attached hydrogen (secondary N) is 1. The van der Waals surface area contributed by atoms with E-state index in [1.807, 2.05) is 71.8 Å². The van der Waals surface area contributed by atoms with E-state index in [0.717, 1.165) is 35.5 Å². The Morgan fingerprint density at radius 3 is 2.36 bits per heavy atom. The summed E-state index contributed by atoms with van der Waals surface area (Å²) in [6.07, 6.45) is 3.69. The molecule has 0 saturated heterocycles. The predicted molar refractivity (Wildman–Crippen MR) is 155 cm³/mol. The van der Waals surface area contributed by atoms with Crippen LogP contribution in [0.4, 0.5) is 16.2 Å². The third-order valence-corrected chi connectivity index (χ3v) is 7.16. The van der Waals surface area contributed by atoms with E-state index in [1.54, 1.807) is 36.3 Å². The van der Waals surface area contributed by atoms with Gasteiger partial charge >= 0.3 is 6.03 Å².